The molecule has 2 heteroatoms. The van der Waals surface area contributed by atoms with Gasteiger partial charge in [0.2, 0.25) is 0 Å². The lowest BCUT2D eigenvalue weighted by molar-refractivity contribution is 0.459. The fraction of sp³-hybridized carbons (Fsp3) is 0.600. The highest BCUT2D eigenvalue weighted by Crippen LogP contribution is 2.37. The van der Waals surface area contributed by atoms with E-state index < -0.39 is 0 Å². The molecule has 2 nitrogen and oxygen atoms in total. The van der Waals surface area contributed by atoms with Gasteiger partial charge in [-0.1, -0.05) is 0 Å². The van der Waals surface area contributed by atoms with Crippen LogP contribution in [0.5, 0.6) is 5.75 Å². The van der Waals surface area contributed by atoms with Crippen molar-refractivity contribution in [3.8, 4) is 5.75 Å². The summed E-state index contributed by atoms with van der Waals surface area (Å²) in [5, 5.41) is 10.3. The quantitative estimate of drug-likeness (QED) is 0.843. The van der Waals surface area contributed by atoms with E-state index in [2.05, 4.69) is 13.8 Å². The maximum absolute atomic E-state index is 10.3. The number of hydrogen-bond acceptors (Lipinski definition) is 2. The maximum atomic E-state index is 10.3. The Bertz CT molecular complexity index is 424. The lowest BCUT2D eigenvalue weighted by Crippen LogP contribution is -2.11. The van der Waals surface area contributed by atoms with Crippen molar-refractivity contribution in [3.05, 3.63) is 27.8 Å². The SMILES string of the molecule is Cc1c(O)c(CCCN)c(C)c2c1CCCC2. The van der Waals surface area contributed by atoms with Crippen LogP contribution in [0.1, 0.15) is 47.1 Å². The third-order valence-corrected chi connectivity index (χ3v) is 4.10. The molecule has 0 atom stereocenters. The average molecular weight is 233 g/mol. The van der Waals surface area contributed by atoms with E-state index in [1.165, 1.54) is 36.0 Å². The Morgan fingerprint density at radius 1 is 1.06 bits per heavy atom. The fourth-order valence-electron chi connectivity index (χ4n) is 3.05. The molecule has 0 bridgehead atoms. The van der Waals surface area contributed by atoms with Crippen LogP contribution in [0.15, 0.2) is 0 Å². The zero-order valence-corrected chi connectivity index (χ0v) is 11.0. The summed E-state index contributed by atoms with van der Waals surface area (Å²) in [4.78, 5) is 0. The van der Waals surface area contributed by atoms with Gasteiger partial charge in [-0.3, -0.25) is 0 Å². The van der Waals surface area contributed by atoms with Gasteiger partial charge in [0.05, 0.1) is 0 Å². The summed E-state index contributed by atoms with van der Waals surface area (Å²) in [5.41, 5.74) is 12.0. The largest absolute Gasteiger partial charge is 0.507 e. The van der Waals surface area contributed by atoms with Gasteiger partial charge in [-0.05, 0) is 86.7 Å². The first-order chi connectivity index (χ1) is 8.16. The first-order valence-corrected chi connectivity index (χ1v) is 6.69. The van der Waals surface area contributed by atoms with Crippen LogP contribution < -0.4 is 5.73 Å². The topological polar surface area (TPSA) is 46.2 Å². The van der Waals surface area contributed by atoms with E-state index >= 15 is 0 Å². The van der Waals surface area contributed by atoms with Gasteiger partial charge < -0.3 is 10.8 Å². The Morgan fingerprint density at radius 3 is 2.24 bits per heavy atom. The van der Waals surface area contributed by atoms with Gasteiger partial charge in [0.15, 0.2) is 0 Å². The molecule has 0 unspecified atom stereocenters. The first kappa shape index (κ1) is 12.4. The molecule has 0 amide bonds. The summed E-state index contributed by atoms with van der Waals surface area (Å²) in [6.45, 7) is 4.91. The minimum Gasteiger partial charge on any atom is -0.507 e. The molecule has 0 spiro atoms. The van der Waals surface area contributed by atoms with Gasteiger partial charge in [-0.25, -0.2) is 0 Å². The molecule has 2 rings (SSSR count). The standard InChI is InChI=1S/C15H23NO/c1-10-12-6-3-4-7-13(12)11(2)15(17)14(10)8-5-9-16/h17H,3-9,16H2,1-2H3. The highest BCUT2D eigenvalue weighted by Gasteiger charge is 2.20. The van der Waals surface area contributed by atoms with Crippen molar-refractivity contribution in [3.63, 3.8) is 0 Å². The number of phenols is 1. The Hall–Kier alpha value is -1.02. The van der Waals surface area contributed by atoms with E-state index in [-0.39, 0.29) is 0 Å². The summed E-state index contributed by atoms with van der Waals surface area (Å²) in [6, 6.07) is 0. The highest BCUT2D eigenvalue weighted by atomic mass is 16.3. The molecule has 17 heavy (non-hydrogen) atoms. The number of rotatable bonds is 3. The lowest BCUT2D eigenvalue weighted by Gasteiger charge is -2.24. The molecule has 3 N–H and O–H groups in total. The van der Waals surface area contributed by atoms with E-state index in [0.717, 1.165) is 30.4 Å². The zero-order chi connectivity index (χ0) is 12.4. The molecular weight excluding hydrogens is 210 g/mol. The number of benzene rings is 1. The van der Waals surface area contributed by atoms with Crippen LogP contribution in [0.4, 0.5) is 0 Å². The van der Waals surface area contributed by atoms with Gasteiger partial charge in [-0.15, -0.1) is 0 Å². The molecule has 94 valence electrons. The van der Waals surface area contributed by atoms with E-state index in [1.807, 2.05) is 0 Å². The third kappa shape index (κ3) is 2.19. The van der Waals surface area contributed by atoms with Crippen LogP contribution in [0.3, 0.4) is 0 Å². The molecule has 1 aromatic rings. The Labute approximate surface area is 104 Å². The maximum Gasteiger partial charge on any atom is 0.122 e. The second kappa shape index (κ2) is 5.09. The van der Waals surface area contributed by atoms with Crippen molar-refractivity contribution in [1.29, 1.82) is 0 Å². The number of fused-ring (bicyclic) bond motifs is 1. The molecular formula is C15H23NO. The van der Waals surface area contributed by atoms with Gasteiger partial charge in [-0.2, -0.15) is 0 Å². The predicted molar refractivity (Wildman–Crippen MR) is 71.6 cm³/mol. The number of nitrogens with two attached hydrogens (primary N) is 1. The summed E-state index contributed by atoms with van der Waals surface area (Å²) < 4.78 is 0. The summed E-state index contributed by atoms with van der Waals surface area (Å²) in [5.74, 6) is 0.525. The van der Waals surface area contributed by atoms with Crippen LogP contribution in [-0.4, -0.2) is 11.7 Å². The van der Waals surface area contributed by atoms with Crippen molar-refractivity contribution in [2.24, 2.45) is 5.73 Å². The first-order valence-electron chi connectivity index (χ1n) is 6.69. The van der Waals surface area contributed by atoms with E-state index in [1.54, 1.807) is 0 Å². The molecule has 1 aliphatic rings. The molecule has 0 heterocycles. The smallest absolute Gasteiger partial charge is 0.122 e. The lowest BCUT2D eigenvalue weighted by atomic mass is 9.82. The molecule has 1 aliphatic carbocycles. The second-order valence-electron chi connectivity index (χ2n) is 5.13. The van der Waals surface area contributed by atoms with Gasteiger partial charge in [0, 0.05) is 0 Å². The van der Waals surface area contributed by atoms with Crippen LogP contribution in [0, 0.1) is 13.8 Å². The summed E-state index contributed by atoms with van der Waals surface area (Å²) in [6.07, 6.45) is 6.71. The van der Waals surface area contributed by atoms with Crippen molar-refractivity contribution in [2.75, 3.05) is 6.54 Å². The number of phenolic OH excluding ortho intramolecular Hbond substituents is 1. The third-order valence-electron chi connectivity index (χ3n) is 4.10. The summed E-state index contributed by atoms with van der Waals surface area (Å²) in [7, 11) is 0. The van der Waals surface area contributed by atoms with Gasteiger partial charge in [0.25, 0.3) is 0 Å². The zero-order valence-electron chi connectivity index (χ0n) is 11.0. The minimum absolute atomic E-state index is 0.525. The van der Waals surface area contributed by atoms with Crippen LogP contribution in [0.25, 0.3) is 0 Å². The van der Waals surface area contributed by atoms with E-state index in [0.29, 0.717) is 12.3 Å². The Kier molecular flexibility index (Phi) is 3.72. The predicted octanol–water partition coefficient (Wildman–Crippen LogP) is 2.78. The van der Waals surface area contributed by atoms with E-state index in [9.17, 15) is 5.11 Å². The van der Waals surface area contributed by atoms with Crippen LogP contribution >= 0.6 is 0 Å². The molecule has 1 aromatic carbocycles. The molecule has 0 saturated heterocycles. The molecule has 0 radical (unpaired) electrons. The molecule has 0 aliphatic heterocycles. The second-order valence-corrected chi connectivity index (χ2v) is 5.13. The Balaban J connectivity index is 2.49. The monoisotopic (exact) mass is 233 g/mol. The molecule has 0 saturated carbocycles. The number of aromatic hydroxyl groups is 1. The van der Waals surface area contributed by atoms with Gasteiger partial charge >= 0.3 is 0 Å². The van der Waals surface area contributed by atoms with Gasteiger partial charge in [0.1, 0.15) is 5.75 Å². The van der Waals surface area contributed by atoms with Crippen molar-refractivity contribution < 1.29 is 5.11 Å². The molecule has 0 fully saturated rings. The number of hydrogen-bond donors (Lipinski definition) is 2. The van der Waals surface area contributed by atoms with Crippen LogP contribution in [-0.2, 0) is 19.3 Å². The summed E-state index contributed by atoms with van der Waals surface area (Å²) >= 11 is 0. The van der Waals surface area contributed by atoms with Crippen molar-refractivity contribution in [1.82, 2.24) is 0 Å². The fourth-order valence-corrected chi connectivity index (χ4v) is 3.05. The molecule has 0 aromatic heterocycles. The normalized spacial score (nSPS) is 14.8. The van der Waals surface area contributed by atoms with Crippen molar-refractivity contribution in [2.45, 2.75) is 52.4 Å². The Morgan fingerprint density at radius 2 is 1.65 bits per heavy atom. The van der Waals surface area contributed by atoms with E-state index in [4.69, 9.17) is 5.73 Å². The average Bonchev–Trinajstić information content (AvgIpc) is 2.36. The van der Waals surface area contributed by atoms with Crippen molar-refractivity contribution >= 4 is 0 Å². The van der Waals surface area contributed by atoms with Crippen LogP contribution in [0.2, 0.25) is 0 Å². The highest BCUT2D eigenvalue weighted by molar-refractivity contribution is 5.55. The minimum atomic E-state index is 0.525.